The van der Waals surface area contributed by atoms with Crippen molar-refractivity contribution in [2.24, 2.45) is 0 Å². The van der Waals surface area contributed by atoms with Gasteiger partial charge in [-0.15, -0.1) is 53.6 Å². The van der Waals surface area contributed by atoms with E-state index in [4.69, 9.17) is 17.1 Å². The maximum absolute atomic E-state index is 7.81. The van der Waals surface area contributed by atoms with Gasteiger partial charge in [-0.1, -0.05) is 93.4 Å². The van der Waals surface area contributed by atoms with Crippen LogP contribution in [0.4, 0.5) is 0 Å². The molecule has 0 aliphatic carbocycles. The van der Waals surface area contributed by atoms with Crippen LogP contribution in [0.1, 0.15) is 54.0 Å². The Kier molecular flexibility index (Phi) is 6.33. The first-order valence-electron chi connectivity index (χ1n) is 17.9. The van der Waals surface area contributed by atoms with E-state index in [0.29, 0.717) is 28.3 Å². The van der Waals surface area contributed by atoms with Gasteiger partial charge >= 0.3 is 0 Å². The van der Waals surface area contributed by atoms with Crippen molar-refractivity contribution in [3.8, 4) is 34.0 Å². The molecule has 0 N–H and O–H groups in total. The fourth-order valence-electron chi connectivity index (χ4n) is 4.77. The Morgan fingerprint density at radius 3 is 2.26 bits per heavy atom. The minimum absolute atomic E-state index is 0. The monoisotopic (exact) mass is 756 g/mol. The van der Waals surface area contributed by atoms with Crippen LogP contribution in [0.5, 0.6) is 11.5 Å². The summed E-state index contributed by atoms with van der Waals surface area (Å²) >= 11 is 0. The fourth-order valence-corrected chi connectivity index (χ4v) is 5.81. The molecule has 0 fully saturated rings. The summed E-state index contributed by atoms with van der Waals surface area (Å²) in [5, 5.41) is 1.31. The molecule has 0 unspecified atom stereocenters. The molecule has 2 aromatic heterocycles. The molecular formula is C37H38IrN2OSi-2. The molecule has 0 bridgehead atoms. The zero-order valence-electron chi connectivity index (χ0n) is 33.2. The average Bonchev–Trinajstić information content (AvgIpc) is 3.03. The Morgan fingerprint density at radius 2 is 1.60 bits per heavy atom. The second-order valence-corrected chi connectivity index (χ2v) is 16.7. The van der Waals surface area contributed by atoms with E-state index in [1.807, 2.05) is 42.6 Å². The number of rotatable bonds is 3. The molecule has 217 valence electrons. The molecule has 3 nitrogen and oxygen atoms in total. The molecule has 1 aliphatic rings. The zero-order valence-corrected chi connectivity index (χ0v) is 27.6. The van der Waals surface area contributed by atoms with Crippen molar-refractivity contribution >= 4 is 13.3 Å². The molecule has 1 aliphatic heterocycles. The van der Waals surface area contributed by atoms with E-state index in [2.05, 4.69) is 61.7 Å². The first kappa shape index (κ1) is 21.3. The maximum atomic E-state index is 7.81. The fraction of sp³-hybridized carbons (Fsp3) is 0.243. The summed E-state index contributed by atoms with van der Waals surface area (Å²) in [5.74, 6) is 1.26. The second-order valence-electron chi connectivity index (χ2n) is 11.6. The van der Waals surface area contributed by atoms with Crippen LogP contribution in [0.3, 0.4) is 0 Å². The van der Waals surface area contributed by atoms with Crippen molar-refractivity contribution < 1.29 is 37.2 Å². The van der Waals surface area contributed by atoms with E-state index < -0.39 is 28.6 Å². The van der Waals surface area contributed by atoms with Gasteiger partial charge in [-0.3, -0.25) is 0 Å². The third-order valence-corrected chi connectivity index (χ3v) is 9.30. The number of nitrogens with zero attached hydrogens (tertiary/aromatic N) is 2. The Morgan fingerprint density at radius 1 is 0.810 bits per heavy atom. The molecule has 0 amide bonds. The smallest absolute Gasteiger partial charge is 0.118 e. The van der Waals surface area contributed by atoms with Crippen LogP contribution in [0.2, 0.25) is 19.6 Å². The summed E-state index contributed by atoms with van der Waals surface area (Å²) in [6.45, 7) is 3.77. The quantitative estimate of drug-likeness (QED) is 0.136. The first-order valence-corrected chi connectivity index (χ1v) is 16.9. The summed E-state index contributed by atoms with van der Waals surface area (Å²) < 4.78 is 74.7. The number of hydrogen-bond donors (Lipinski definition) is 0. The topological polar surface area (TPSA) is 35.0 Å². The largest absolute Gasteiger partial charge is 0.501 e. The van der Waals surface area contributed by atoms with E-state index in [1.165, 1.54) is 17.3 Å². The number of pyridine rings is 2. The Bertz CT molecular complexity index is 1940. The predicted molar refractivity (Wildman–Crippen MR) is 173 cm³/mol. The molecule has 0 saturated heterocycles. The van der Waals surface area contributed by atoms with Crippen LogP contribution in [-0.2, 0) is 25.5 Å². The van der Waals surface area contributed by atoms with Gasteiger partial charge in [-0.25, -0.2) is 0 Å². The van der Waals surface area contributed by atoms with Gasteiger partial charge in [0.05, 0.1) is 8.07 Å². The number of ether oxygens (including phenoxy) is 1. The van der Waals surface area contributed by atoms with Crippen LogP contribution >= 0.6 is 0 Å². The van der Waals surface area contributed by atoms with Gasteiger partial charge in [0.25, 0.3) is 0 Å². The standard InChI is InChI=1S/C22H20NO.C15H18NSi.Ir/c1-14-12-19(23-13-15(14)2)16-8-7-10-18-21(16)24-20-11-6-5-9-17(20)22(18,3)4;1-12-5-7-13(8-6-12)15-10-9-14(11-16-15)17(2,3)4;/h5-7,9-13H,1-4H3;5-7,9-11H,1-4H3;/q2*-1;/i1D3,2D3;1D3;. The van der Waals surface area contributed by atoms with Gasteiger partial charge in [-0.2, -0.15) is 0 Å². The molecule has 0 spiro atoms. The van der Waals surface area contributed by atoms with Gasteiger partial charge in [0.15, 0.2) is 0 Å². The SMILES string of the molecule is [2H]C([2H])([2H])c1c[c-]c(-c2ccc([Si](C)(C)C)cn2)cc1.[2H]C([2H])([2H])c1cnc(-c2[c-]ccc3c2Oc2ccccc2C3(C)C)cc1C([2H])([2H])[2H].[Ir]. The molecule has 3 heterocycles. The van der Waals surface area contributed by atoms with Crippen molar-refractivity contribution in [2.45, 2.75) is 59.5 Å². The molecule has 0 atom stereocenters. The van der Waals surface area contributed by atoms with Crippen LogP contribution in [0.15, 0.2) is 85.2 Å². The van der Waals surface area contributed by atoms with E-state index in [-0.39, 0.29) is 36.6 Å². The second kappa shape index (κ2) is 12.5. The normalized spacial score (nSPS) is 17.0. The maximum Gasteiger partial charge on any atom is 0.118 e. The Hall–Kier alpha value is -3.37. The zero-order chi connectivity index (χ0) is 36.9. The molecular weight excluding hydrogens is 709 g/mol. The molecule has 5 heteroatoms. The summed E-state index contributed by atoms with van der Waals surface area (Å²) in [6, 6.07) is 27.9. The van der Waals surface area contributed by atoms with Crippen molar-refractivity contribution in [1.29, 1.82) is 0 Å². The van der Waals surface area contributed by atoms with Crippen molar-refractivity contribution in [3.63, 3.8) is 0 Å². The number of aromatic nitrogens is 2. The van der Waals surface area contributed by atoms with Crippen molar-refractivity contribution in [3.05, 3.63) is 125 Å². The average molecular weight is 756 g/mol. The van der Waals surface area contributed by atoms with E-state index in [0.717, 1.165) is 28.6 Å². The summed E-state index contributed by atoms with van der Waals surface area (Å²) in [5.41, 5.74) is 3.86. The number of hydrogen-bond acceptors (Lipinski definition) is 3. The minimum atomic E-state index is -2.59. The number of para-hydroxylation sites is 1. The van der Waals surface area contributed by atoms with Gasteiger partial charge in [0, 0.05) is 61.6 Å². The third kappa shape index (κ3) is 6.49. The van der Waals surface area contributed by atoms with E-state index in [9.17, 15) is 0 Å². The van der Waals surface area contributed by atoms with Crippen molar-refractivity contribution in [1.82, 2.24) is 9.97 Å². The van der Waals surface area contributed by atoms with Gasteiger partial charge in [0.2, 0.25) is 0 Å². The van der Waals surface area contributed by atoms with E-state index in [1.54, 1.807) is 18.2 Å². The molecule has 6 rings (SSSR count). The molecule has 42 heavy (non-hydrogen) atoms. The van der Waals surface area contributed by atoms with Gasteiger partial charge in [-0.05, 0) is 41.9 Å². The van der Waals surface area contributed by atoms with Gasteiger partial charge in [0.1, 0.15) is 5.75 Å². The first-order chi connectivity index (χ1) is 23.1. The summed E-state index contributed by atoms with van der Waals surface area (Å²) in [4.78, 5) is 8.75. The molecule has 0 saturated carbocycles. The molecule has 5 aromatic rings. The Labute approximate surface area is 278 Å². The van der Waals surface area contributed by atoms with Crippen LogP contribution in [-0.4, -0.2) is 18.0 Å². The predicted octanol–water partition coefficient (Wildman–Crippen LogP) is 9.00. The minimum Gasteiger partial charge on any atom is -0.501 e. The van der Waals surface area contributed by atoms with Crippen molar-refractivity contribution in [2.75, 3.05) is 0 Å². The third-order valence-electron chi connectivity index (χ3n) is 7.27. The number of benzene rings is 3. The van der Waals surface area contributed by atoms with Crippen LogP contribution in [0.25, 0.3) is 22.5 Å². The van der Waals surface area contributed by atoms with Gasteiger partial charge < -0.3 is 14.7 Å². The van der Waals surface area contributed by atoms with E-state index >= 15 is 0 Å². The summed E-state index contributed by atoms with van der Waals surface area (Å²) in [7, 11) is -1.34. The molecule has 3 aromatic carbocycles. The Balaban J connectivity index is 0.000000243. The molecule has 1 radical (unpaired) electrons. The number of aryl methyl sites for hydroxylation is 3. The van der Waals surface area contributed by atoms with Crippen LogP contribution in [0, 0.1) is 32.7 Å². The van der Waals surface area contributed by atoms with Crippen LogP contribution < -0.4 is 9.92 Å². The summed E-state index contributed by atoms with van der Waals surface area (Å²) in [6.07, 6.45) is 3.05. The number of fused-ring (bicyclic) bond motifs is 2.